The summed E-state index contributed by atoms with van der Waals surface area (Å²) in [5, 5.41) is 8.68. The van der Waals surface area contributed by atoms with Gasteiger partial charge in [-0.25, -0.2) is 19.2 Å². The molecule has 4 aromatic rings. The second-order valence-corrected chi connectivity index (χ2v) is 8.57. The maximum atomic E-state index is 13.4. The molecule has 0 aliphatic heterocycles. The largest absolute Gasteiger partial charge is 0.332 e. The number of urea groups is 1. The number of carbonyl (C=O) groups is 2. The Morgan fingerprint density at radius 2 is 1.77 bits per heavy atom. The van der Waals surface area contributed by atoms with Crippen LogP contribution < -0.4 is 16.0 Å². The van der Waals surface area contributed by atoms with Gasteiger partial charge in [-0.2, -0.15) is 0 Å². The number of rotatable bonds is 6. The number of nitrogens with one attached hydrogen (secondary N) is 4. The quantitative estimate of drug-likeness (QED) is 0.229. The predicted molar refractivity (Wildman–Crippen MR) is 137 cm³/mol. The van der Waals surface area contributed by atoms with Crippen LogP contribution >= 0.6 is 23.4 Å². The topological polar surface area (TPSA) is 112 Å². The lowest BCUT2D eigenvalue weighted by atomic mass is 10.1. The van der Waals surface area contributed by atoms with E-state index in [1.165, 1.54) is 36.9 Å². The van der Waals surface area contributed by atoms with Crippen LogP contribution in [0.15, 0.2) is 66.0 Å². The minimum atomic E-state index is -0.567. The number of carbonyl (C=O) groups excluding carboxylic acids is 2. The number of anilines is 3. The number of nitrogens with zero attached hydrogens (tertiary/aromatic N) is 2. The van der Waals surface area contributed by atoms with Crippen LogP contribution in [0.4, 0.5) is 26.4 Å². The molecule has 0 bridgehead atoms. The molecule has 11 heteroatoms. The maximum Gasteiger partial charge on any atom is 0.323 e. The third kappa shape index (κ3) is 5.97. The molecule has 35 heavy (non-hydrogen) atoms. The van der Waals surface area contributed by atoms with E-state index in [-0.39, 0.29) is 10.9 Å². The molecule has 8 nitrogen and oxygen atoms in total. The molecule has 0 aliphatic rings. The van der Waals surface area contributed by atoms with E-state index in [0.717, 1.165) is 16.8 Å². The van der Waals surface area contributed by atoms with Crippen molar-refractivity contribution < 1.29 is 14.0 Å². The number of hydrogen-bond acceptors (Lipinski definition) is 5. The predicted octanol–water partition coefficient (Wildman–Crippen LogP) is 6.26. The number of pyridine rings is 1. The van der Waals surface area contributed by atoms with Crippen molar-refractivity contribution in [3.63, 3.8) is 0 Å². The minimum absolute atomic E-state index is 0.0850. The van der Waals surface area contributed by atoms with Crippen LogP contribution in [0.1, 0.15) is 6.92 Å². The zero-order valence-corrected chi connectivity index (χ0v) is 20.2. The number of benzene rings is 2. The van der Waals surface area contributed by atoms with Gasteiger partial charge in [0.25, 0.3) is 0 Å². The molecule has 0 aliphatic carbocycles. The number of amides is 3. The Kier molecular flexibility index (Phi) is 7.33. The van der Waals surface area contributed by atoms with Crippen LogP contribution in [0.3, 0.4) is 0 Å². The second-order valence-electron chi connectivity index (χ2n) is 7.37. The first kappa shape index (κ1) is 24.2. The van der Waals surface area contributed by atoms with Crippen molar-refractivity contribution in [3.05, 3.63) is 71.6 Å². The van der Waals surface area contributed by atoms with Gasteiger partial charge >= 0.3 is 6.03 Å². The van der Waals surface area contributed by atoms with Crippen molar-refractivity contribution >= 4 is 52.5 Å². The third-order valence-corrected chi connectivity index (χ3v) is 5.67. The monoisotopic (exact) mass is 510 g/mol. The maximum absolute atomic E-state index is 13.4. The van der Waals surface area contributed by atoms with Crippen molar-refractivity contribution in [2.75, 3.05) is 22.2 Å². The zero-order chi connectivity index (χ0) is 24.9. The van der Waals surface area contributed by atoms with Gasteiger partial charge in [-0.05, 0) is 48.7 Å². The number of thioether (sulfide) groups is 1. The number of imidazole rings is 1. The lowest BCUT2D eigenvalue weighted by molar-refractivity contribution is -0.114. The Hall–Kier alpha value is -3.89. The van der Waals surface area contributed by atoms with Crippen molar-refractivity contribution in [1.82, 2.24) is 15.0 Å². The summed E-state index contributed by atoms with van der Waals surface area (Å²) in [6.07, 6.45) is 3.51. The van der Waals surface area contributed by atoms with Gasteiger partial charge in [0.1, 0.15) is 11.6 Å². The van der Waals surface area contributed by atoms with Gasteiger partial charge in [-0.15, -0.1) is 0 Å². The lowest BCUT2D eigenvalue weighted by Crippen LogP contribution is -2.19. The van der Waals surface area contributed by atoms with Crippen molar-refractivity contribution in [2.24, 2.45) is 0 Å². The molecule has 2 aromatic carbocycles. The normalized spacial score (nSPS) is 10.6. The summed E-state index contributed by atoms with van der Waals surface area (Å²) in [4.78, 5) is 36.1. The summed E-state index contributed by atoms with van der Waals surface area (Å²) in [6, 6.07) is 14.2. The van der Waals surface area contributed by atoms with Gasteiger partial charge in [-0.1, -0.05) is 35.5 Å². The van der Waals surface area contributed by atoms with Gasteiger partial charge in [0.05, 0.1) is 16.4 Å². The summed E-state index contributed by atoms with van der Waals surface area (Å²) in [5.41, 5.74) is 3.85. The molecule has 2 heterocycles. The number of aromatic amines is 1. The average molecular weight is 511 g/mol. The van der Waals surface area contributed by atoms with E-state index in [4.69, 9.17) is 16.6 Å². The molecule has 4 N–H and O–H groups in total. The summed E-state index contributed by atoms with van der Waals surface area (Å²) < 4.78 is 13.4. The van der Waals surface area contributed by atoms with Crippen molar-refractivity contribution in [3.8, 4) is 22.5 Å². The molecule has 0 unspecified atom stereocenters. The number of H-pyrrole nitrogens is 1. The van der Waals surface area contributed by atoms with E-state index in [0.29, 0.717) is 28.0 Å². The van der Waals surface area contributed by atoms with Gasteiger partial charge in [0.15, 0.2) is 5.16 Å². The second kappa shape index (κ2) is 10.6. The first-order chi connectivity index (χ1) is 16.8. The summed E-state index contributed by atoms with van der Waals surface area (Å²) in [6.45, 7) is 1.42. The fourth-order valence-corrected chi connectivity index (χ4v) is 3.88. The van der Waals surface area contributed by atoms with E-state index in [9.17, 15) is 14.0 Å². The highest BCUT2D eigenvalue weighted by molar-refractivity contribution is 7.98. The molecular weight excluding hydrogens is 491 g/mol. The van der Waals surface area contributed by atoms with Crippen molar-refractivity contribution in [2.45, 2.75) is 12.1 Å². The Labute approximate surface area is 209 Å². The van der Waals surface area contributed by atoms with Crippen LogP contribution in [-0.4, -0.2) is 33.1 Å². The fourth-order valence-electron chi connectivity index (χ4n) is 3.31. The molecule has 178 valence electrons. The van der Waals surface area contributed by atoms with E-state index < -0.39 is 11.8 Å². The summed E-state index contributed by atoms with van der Waals surface area (Å²) >= 11 is 7.23. The van der Waals surface area contributed by atoms with Crippen LogP contribution in [0, 0.1) is 5.82 Å². The van der Waals surface area contributed by atoms with Gasteiger partial charge in [-0.3, -0.25) is 4.79 Å². The Bertz CT molecular complexity index is 1410. The van der Waals surface area contributed by atoms with Crippen LogP contribution in [0.25, 0.3) is 22.5 Å². The van der Waals surface area contributed by atoms with Gasteiger partial charge in [0, 0.05) is 35.6 Å². The first-order valence-electron chi connectivity index (χ1n) is 10.3. The fraction of sp³-hybridized carbons (Fsp3) is 0.0833. The van der Waals surface area contributed by atoms with Gasteiger partial charge < -0.3 is 20.9 Å². The van der Waals surface area contributed by atoms with Crippen molar-refractivity contribution in [1.29, 1.82) is 0 Å². The standard InChI is InChI=1S/C24H20ClFN6O2S/c1-13(33)28-20-11-15(8-9-27-20)22-21(31-24(32-22)35-2)14-4-3-5-16(10-14)29-23(34)30-17-6-7-19(26)18(25)12-17/h3-12H,1-2H3,(H,31,32)(H,27,28,33)(H2,29,30,34). The van der Waals surface area contributed by atoms with E-state index in [1.807, 2.05) is 18.4 Å². The molecule has 0 atom stereocenters. The highest BCUT2D eigenvalue weighted by Gasteiger charge is 2.16. The van der Waals surface area contributed by atoms with E-state index in [2.05, 4.69) is 25.9 Å². The molecular formula is C24H20ClFN6O2S. The molecule has 0 saturated carbocycles. The lowest BCUT2D eigenvalue weighted by Gasteiger charge is -2.10. The van der Waals surface area contributed by atoms with E-state index in [1.54, 1.807) is 30.5 Å². The average Bonchev–Trinajstić information content (AvgIpc) is 3.26. The first-order valence-corrected chi connectivity index (χ1v) is 11.9. The molecule has 3 amide bonds. The summed E-state index contributed by atoms with van der Waals surface area (Å²) in [7, 11) is 0. The van der Waals surface area contributed by atoms with Gasteiger partial charge in [0.2, 0.25) is 5.91 Å². The van der Waals surface area contributed by atoms with Crippen LogP contribution in [0.2, 0.25) is 5.02 Å². The highest BCUT2D eigenvalue weighted by atomic mass is 35.5. The smallest absolute Gasteiger partial charge is 0.323 e. The van der Waals surface area contributed by atoms with Crippen LogP contribution in [-0.2, 0) is 4.79 Å². The Balaban J connectivity index is 1.60. The molecule has 2 aromatic heterocycles. The summed E-state index contributed by atoms with van der Waals surface area (Å²) in [5.74, 6) is -0.360. The molecule has 0 radical (unpaired) electrons. The minimum Gasteiger partial charge on any atom is -0.332 e. The number of halogens is 2. The molecule has 0 saturated heterocycles. The molecule has 0 spiro atoms. The highest BCUT2D eigenvalue weighted by Crippen LogP contribution is 2.34. The SMILES string of the molecule is CSc1nc(-c2cccc(NC(=O)Nc3ccc(F)c(Cl)c3)c2)c(-c2ccnc(NC(C)=O)c2)[nH]1. The third-order valence-electron chi connectivity index (χ3n) is 4.80. The number of aromatic nitrogens is 3. The molecule has 0 fully saturated rings. The van der Waals surface area contributed by atoms with Crippen LogP contribution in [0.5, 0.6) is 0 Å². The Morgan fingerprint density at radius 3 is 2.49 bits per heavy atom. The number of hydrogen-bond donors (Lipinski definition) is 4. The Morgan fingerprint density at radius 1 is 1.00 bits per heavy atom. The van der Waals surface area contributed by atoms with E-state index >= 15 is 0 Å². The zero-order valence-electron chi connectivity index (χ0n) is 18.6. The molecule has 4 rings (SSSR count).